The number of benzene rings is 1. The maximum Gasteiger partial charge on any atom is 0.276 e. The van der Waals surface area contributed by atoms with Gasteiger partial charge in [0, 0.05) is 0 Å². The summed E-state index contributed by atoms with van der Waals surface area (Å²) in [5.41, 5.74) is 2.83. The summed E-state index contributed by atoms with van der Waals surface area (Å²) < 4.78 is 2.44. The zero-order chi connectivity index (χ0) is 14.1. The molecule has 3 nitrogen and oxygen atoms in total. The highest BCUT2D eigenvalue weighted by Gasteiger charge is 2.13. The van der Waals surface area contributed by atoms with Crippen molar-refractivity contribution in [2.24, 2.45) is 0 Å². The van der Waals surface area contributed by atoms with Gasteiger partial charge < -0.3 is 0 Å². The maximum atomic E-state index is 12.7. The third-order valence-corrected chi connectivity index (χ3v) is 4.69. The summed E-state index contributed by atoms with van der Waals surface area (Å²) >= 11 is 3.04. The molecule has 0 aliphatic carbocycles. The maximum absolute atomic E-state index is 12.7. The number of thiophene rings is 1. The molecule has 0 unspecified atom stereocenters. The van der Waals surface area contributed by atoms with Gasteiger partial charge in [-0.2, -0.15) is 0 Å². The summed E-state index contributed by atoms with van der Waals surface area (Å²) in [6.45, 7) is 4.09. The first kappa shape index (κ1) is 13.4. The molecule has 20 heavy (non-hydrogen) atoms. The first-order chi connectivity index (χ1) is 9.70. The summed E-state index contributed by atoms with van der Waals surface area (Å²) in [6, 6.07) is 9.87. The Morgan fingerprint density at radius 3 is 2.95 bits per heavy atom. The van der Waals surface area contributed by atoms with Crippen molar-refractivity contribution in [2.45, 2.75) is 19.0 Å². The lowest BCUT2D eigenvalue weighted by Gasteiger charge is -2.11. The van der Waals surface area contributed by atoms with Gasteiger partial charge in [0.05, 0.1) is 11.2 Å². The van der Waals surface area contributed by atoms with E-state index < -0.39 is 0 Å². The quantitative estimate of drug-likeness (QED) is 0.544. The van der Waals surface area contributed by atoms with Crippen LogP contribution < -0.4 is 5.56 Å². The van der Waals surface area contributed by atoms with Crippen molar-refractivity contribution >= 4 is 33.3 Å². The molecule has 0 N–H and O–H groups in total. The molecule has 102 valence electrons. The van der Waals surface area contributed by atoms with Crippen molar-refractivity contribution in [3.8, 4) is 5.69 Å². The van der Waals surface area contributed by atoms with Crippen LogP contribution in [0.5, 0.6) is 0 Å². The van der Waals surface area contributed by atoms with Crippen molar-refractivity contribution in [3.63, 3.8) is 0 Å². The molecule has 0 aliphatic heterocycles. The van der Waals surface area contributed by atoms with Gasteiger partial charge in [0.1, 0.15) is 4.70 Å². The van der Waals surface area contributed by atoms with Gasteiger partial charge in [-0.15, -0.1) is 11.3 Å². The number of fused-ring (bicyclic) bond motifs is 1. The molecule has 5 heteroatoms. The molecule has 3 aromatic rings. The lowest BCUT2D eigenvalue weighted by molar-refractivity contribution is 0.822. The topological polar surface area (TPSA) is 34.9 Å². The highest BCUT2D eigenvalue weighted by molar-refractivity contribution is 7.99. The SMILES string of the molecule is CCSc1nc2ccsc2c(=O)n1-c1cccc(C)c1. The predicted octanol–water partition coefficient (Wildman–Crippen LogP) is 3.87. The second-order valence-corrected chi connectivity index (χ2v) is 6.59. The minimum atomic E-state index is 0.0200. The van der Waals surface area contributed by atoms with E-state index in [9.17, 15) is 4.79 Å². The van der Waals surface area contributed by atoms with Crippen LogP contribution in [0.2, 0.25) is 0 Å². The highest BCUT2D eigenvalue weighted by atomic mass is 32.2. The first-order valence-electron chi connectivity index (χ1n) is 6.41. The Labute approximate surface area is 125 Å². The van der Waals surface area contributed by atoms with E-state index in [1.54, 1.807) is 16.3 Å². The first-order valence-corrected chi connectivity index (χ1v) is 8.27. The molecule has 0 saturated carbocycles. The lowest BCUT2D eigenvalue weighted by Crippen LogP contribution is -2.20. The van der Waals surface area contributed by atoms with Gasteiger partial charge >= 0.3 is 0 Å². The monoisotopic (exact) mass is 302 g/mol. The fourth-order valence-corrected chi connectivity index (χ4v) is 3.61. The van der Waals surface area contributed by atoms with E-state index >= 15 is 0 Å². The Morgan fingerprint density at radius 2 is 2.20 bits per heavy atom. The third-order valence-electron chi connectivity index (χ3n) is 2.98. The van der Waals surface area contributed by atoms with Crippen LogP contribution in [-0.4, -0.2) is 15.3 Å². The zero-order valence-corrected chi connectivity index (χ0v) is 12.9. The second kappa shape index (κ2) is 5.42. The standard InChI is InChI=1S/C15H14N2OS2/c1-3-19-15-16-12-7-8-20-13(12)14(18)17(15)11-6-4-5-10(2)9-11/h4-9H,3H2,1-2H3. The summed E-state index contributed by atoms with van der Waals surface area (Å²) in [7, 11) is 0. The van der Waals surface area contributed by atoms with Gasteiger partial charge in [-0.1, -0.05) is 30.8 Å². The molecule has 1 aromatic carbocycles. The minimum absolute atomic E-state index is 0.0200. The molecule has 0 saturated heterocycles. The molecule has 0 amide bonds. The zero-order valence-electron chi connectivity index (χ0n) is 11.3. The summed E-state index contributed by atoms with van der Waals surface area (Å²) in [4.78, 5) is 17.3. The van der Waals surface area contributed by atoms with Gasteiger partial charge in [-0.25, -0.2) is 4.98 Å². The minimum Gasteiger partial charge on any atom is -0.267 e. The number of thioether (sulfide) groups is 1. The van der Waals surface area contributed by atoms with Crippen LogP contribution in [0.15, 0.2) is 45.7 Å². The number of hydrogen-bond donors (Lipinski definition) is 0. The molecule has 0 aliphatic rings. The predicted molar refractivity (Wildman–Crippen MR) is 86.4 cm³/mol. The smallest absolute Gasteiger partial charge is 0.267 e. The Hall–Kier alpha value is -1.59. The van der Waals surface area contributed by atoms with Crippen molar-refractivity contribution in [2.75, 3.05) is 5.75 Å². The molecule has 3 rings (SSSR count). The van der Waals surface area contributed by atoms with E-state index in [0.29, 0.717) is 4.70 Å². The lowest BCUT2D eigenvalue weighted by atomic mass is 10.2. The van der Waals surface area contributed by atoms with Crippen molar-refractivity contribution < 1.29 is 0 Å². The van der Waals surface area contributed by atoms with E-state index in [1.807, 2.05) is 42.6 Å². The highest BCUT2D eigenvalue weighted by Crippen LogP contribution is 2.23. The summed E-state index contributed by atoms with van der Waals surface area (Å²) in [5, 5.41) is 2.68. The molecular weight excluding hydrogens is 288 g/mol. The normalized spacial score (nSPS) is 11.1. The Morgan fingerprint density at radius 1 is 1.35 bits per heavy atom. The van der Waals surface area contributed by atoms with Gasteiger partial charge in [0.25, 0.3) is 5.56 Å². The van der Waals surface area contributed by atoms with Crippen molar-refractivity contribution in [1.82, 2.24) is 9.55 Å². The average Bonchev–Trinajstić information content (AvgIpc) is 2.88. The van der Waals surface area contributed by atoms with Crippen LogP contribution >= 0.6 is 23.1 Å². The second-order valence-electron chi connectivity index (χ2n) is 4.44. The van der Waals surface area contributed by atoms with Crippen LogP contribution in [0.3, 0.4) is 0 Å². The molecular formula is C15H14N2OS2. The summed E-state index contributed by atoms with van der Waals surface area (Å²) in [5.74, 6) is 0.883. The Balaban J connectivity index is 2.34. The van der Waals surface area contributed by atoms with Gasteiger partial charge in [0.15, 0.2) is 5.16 Å². The van der Waals surface area contributed by atoms with Crippen LogP contribution in [-0.2, 0) is 0 Å². The Kier molecular flexibility index (Phi) is 3.63. The van der Waals surface area contributed by atoms with E-state index in [4.69, 9.17) is 0 Å². The molecule has 0 spiro atoms. The molecule has 2 aromatic heterocycles. The molecule has 0 radical (unpaired) electrons. The van der Waals surface area contributed by atoms with Gasteiger partial charge in [-0.05, 0) is 41.8 Å². The van der Waals surface area contributed by atoms with Crippen LogP contribution in [0.4, 0.5) is 0 Å². The van der Waals surface area contributed by atoms with E-state index in [2.05, 4.69) is 11.9 Å². The number of aryl methyl sites for hydroxylation is 1. The van der Waals surface area contributed by atoms with E-state index in [0.717, 1.165) is 27.7 Å². The number of nitrogens with zero attached hydrogens (tertiary/aromatic N) is 2. The molecule has 2 heterocycles. The molecule has 0 fully saturated rings. The Bertz CT molecular complexity index is 820. The molecule has 0 atom stereocenters. The fraction of sp³-hybridized carbons (Fsp3) is 0.200. The van der Waals surface area contributed by atoms with Crippen LogP contribution in [0.1, 0.15) is 12.5 Å². The largest absolute Gasteiger partial charge is 0.276 e. The third kappa shape index (κ3) is 2.27. The van der Waals surface area contributed by atoms with Crippen molar-refractivity contribution in [1.29, 1.82) is 0 Å². The number of aromatic nitrogens is 2. The van der Waals surface area contributed by atoms with E-state index in [-0.39, 0.29) is 5.56 Å². The van der Waals surface area contributed by atoms with Gasteiger partial charge in [-0.3, -0.25) is 9.36 Å². The van der Waals surface area contributed by atoms with Gasteiger partial charge in [0.2, 0.25) is 0 Å². The molecule has 0 bridgehead atoms. The average molecular weight is 302 g/mol. The number of hydrogen-bond acceptors (Lipinski definition) is 4. The van der Waals surface area contributed by atoms with E-state index in [1.165, 1.54) is 11.3 Å². The van der Waals surface area contributed by atoms with Crippen LogP contribution in [0.25, 0.3) is 15.9 Å². The fourth-order valence-electron chi connectivity index (χ4n) is 2.11. The summed E-state index contributed by atoms with van der Waals surface area (Å²) in [6.07, 6.45) is 0. The van der Waals surface area contributed by atoms with Crippen molar-refractivity contribution in [3.05, 3.63) is 51.6 Å². The van der Waals surface area contributed by atoms with Crippen LogP contribution in [0, 0.1) is 6.92 Å². The number of rotatable bonds is 3.